The van der Waals surface area contributed by atoms with E-state index in [9.17, 15) is 0 Å². The lowest BCUT2D eigenvalue weighted by molar-refractivity contribution is 0.436. The van der Waals surface area contributed by atoms with E-state index in [4.69, 9.17) is 19.7 Å². The Morgan fingerprint density at radius 3 is 1.63 bits per heavy atom. The van der Waals surface area contributed by atoms with Gasteiger partial charge in [-0.25, -0.2) is 15.0 Å². The Kier molecular flexibility index (Phi) is 7.49. The van der Waals surface area contributed by atoms with Gasteiger partial charge in [0.25, 0.3) is 0 Å². The molecule has 4 heteroatoms. The van der Waals surface area contributed by atoms with Crippen molar-refractivity contribution in [2.24, 2.45) is 0 Å². The topological polar surface area (TPSA) is 47.9 Å². The van der Waals surface area contributed by atoms with Crippen molar-refractivity contribution in [3.8, 4) is 67.5 Å². The van der Waals surface area contributed by atoms with Gasteiger partial charge in [-0.1, -0.05) is 176 Å². The first-order valence-electron chi connectivity index (χ1n) is 21.1. The smallest absolute Gasteiger partial charge is 0.132 e. The summed E-state index contributed by atoms with van der Waals surface area (Å²) < 4.78 is 6.63. The van der Waals surface area contributed by atoms with Crippen LogP contribution in [-0.2, 0) is 5.41 Å². The highest BCUT2D eigenvalue weighted by Crippen LogP contribution is 2.63. The third kappa shape index (κ3) is 4.98. The average Bonchev–Trinajstić information content (AvgIpc) is 3.64. The average molecular weight is 790 g/mol. The van der Waals surface area contributed by atoms with Crippen LogP contribution >= 0.6 is 0 Å². The Bertz CT molecular complexity index is 3570. The van der Waals surface area contributed by atoms with Crippen LogP contribution in [0.15, 0.2) is 212 Å². The number of pyridine rings is 1. The van der Waals surface area contributed by atoms with Gasteiger partial charge in [-0.3, -0.25) is 0 Å². The second-order valence-electron chi connectivity index (χ2n) is 16.2. The summed E-state index contributed by atoms with van der Waals surface area (Å²) in [5, 5.41) is 3.46. The molecule has 11 aromatic rings. The van der Waals surface area contributed by atoms with E-state index < -0.39 is 5.41 Å². The lowest BCUT2D eigenvalue weighted by atomic mass is 9.66. The second kappa shape index (κ2) is 13.4. The summed E-state index contributed by atoms with van der Waals surface area (Å²) in [6.07, 6.45) is 0. The molecule has 0 saturated heterocycles. The number of hydrogen-bond donors (Lipinski definition) is 0. The molecule has 62 heavy (non-hydrogen) atoms. The number of fused-ring (bicyclic) bond motifs is 14. The molecule has 2 aliphatic rings. The molecule has 1 spiro atoms. The highest BCUT2D eigenvalue weighted by atomic mass is 16.5. The summed E-state index contributed by atoms with van der Waals surface area (Å²) in [5.74, 6) is 1.78. The monoisotopic (exact) mass is 789 g/mol. The predicted molar refractivity (Wildman–Crippen MR) is 251 cm³/mol. The molecule has 288 valence electrons. The van der Waals surface area contributed by atoms with E-state index >= 15 is 0 Å². The van der Waals surface area contributed by atoms with Crippen molar-refractivity contribution in [2.75, 3.05) is 0 Å². The van der Waals surface area contributed by atoms with E-state index in [-0.39, 0.29) is 0 Å². The molecule has 2 aromatic heterocycles. The Hall–Kier alpha value is -8.21. The van der Waals surface area contributed by atoms with E-state index in [1.165, 1.54) is 27.6 Å². The largest absolute Gasteiger partial charge is 0.457 e. The van der Waals surface area contributed by atoms with Crippen LogP contribution in [-0.4, -0.2) is 15.0 Å². The Labute approximate surface area is 358 Å². The number of nitrogens with zero attached hydrogens (tertiary/aromatic N) is 3. The van der Waals surface area contributed by atoms with Gasteiger partial charge >= 0.3 is 0 Å². The minimum Gasteiger partial charge on any atom is -0.457 e. The van der Waals surface area contributed by atoms with Crippen LogP contribution < -0.4 is 4.74 Å². The van der Waals surface area contributed by atoms with Gasteiger partial charge in [0, 0.05) is 44.0 Å². The molecule has 13 rings (SSSR count). The molecular formula is C58H35N3O. The molecule has 0 bridgehead atoms. The second-order valence-corrected chi connectivity index (χ2v) is 16.2. The zero-order chi connectivity index (χ0) is 40.8. The Balaban J connectivity index is 1.02. The fourth-order valence-corrected chi connectivity index (χ4v) is 10.3. The van der Waals surface area contributed by atoms with Crippen molar-refractivity contribution in [1.29, 1.82) is 0 Å². The van der Waals surface area contributed by atoms with E-state index in [1.807, 2.05) is 24.3 Å². The summed E-state index contributed by atoms with van der Waals surface area (Å²) >= 11 is 0. The molecule has 0 saturated carbocycles. The molecule has 0 N–H and O–H groups in total. The summed E-state index contributed by atoms with van der Waals surface area (Å²) in [7, 11) is 0. The fraction of sp³-hybridized carbons (Fsp3) is 0.0172. The van der Waals surface area contributed by atoms with Crippen molar-refractivity contribution in [1.82, 2.24) is 15.0 Å². The third-order valence-electron chi connectivity index (χ3n) is 12.9. The first-order valence-corrected chi connectivity index (χ1v) is 21.1. The van der Waals surface area contributed by atoms with Crippen LogP contribution in [0.25, 0.3) is 88.7 Å². The maximum Gasteiger partial charge on any atom is 0.132 e. The predicted octanol–water partition coefficient (Wildman–Crippen LogP) is 14.5. The van der Waals surface area contributed by atoms with Crippen LogP contribution in [0.5, 0.6) is 11.5 Å². The van der Waals surface area contributed by atoms with E-state index in [1.54, 1.807) is 0 Å². The van der Waals surface area contributed by atoms with Gasteiger partial charge in [0.2, 0.25) is 0 Å². The van der Waals surface area contributed by atoms with Gasteiger partial charge in [0.15, 0.2) is 0 Å². The number of benzene rings is 9. The lowest BCUT2D eigenvalue weighted by Crippen LogP contribution is -2.32. The van der Waals surface area contributed by atoms with Gasteiger partial charge in [0.1, 0.15) is 11.5 Å². The van der Waals surface area contributed by atoms with E-state index in [0.29, 0.717) is 0 Å². The summed E-state index contributed by atoms with van der Waals surface area (Å²) in [6.45, 7) is 0. The molecule has 0 unspecified atom stereocenters. The lowest BCUT2D eigenvalue weighted by Gasteiger charge is -2.39. The molecule has 1 aliphatic heterocycles. The van der Waals surface area contributed by atoms with Crippen LogP contribution in [0, 0.1) is 0 Å². The molecule has 3 heterocycles. The van der Waals surface area contributed by atoms with Crippen molar-refractivity contribution >= 4 is 32.7 Å². The van der Waals surface area contributed by atoms with Gasteiger partial charge in [-0.05, 0) is 69.8 Å². The molecule has 9 aromatic carbocycles. The molecular weight excluding hydrogens is 755 g/mol. The molecule has 1 aliphatic carbocycles. The minimum absolute atomic E-state index is 0.558. The van der Waals surface area contributed by atoms with E-state index in [2.05, 4.69) is 188 Å². The number of hydrogen-bond acceptors (Lipinski definition) is 4. The zero-order valence-electron chi connectivity index (χ0n) is 33.5. The quantitative estimate of drug-likeness (QED) is 0.167. The summed E-state index contributed by atoms with van der Waals surface area (Å²) in [5.41, 5.74) is 17.4. The van der Waals surface area contributed by atoms with Gasteiger partial charge in [0.05, 0.1) is 39.0 Å². The van der Waals surface area contributed by atoms with Crippen LogP contribution in [0.4, 0.5) is 0 Å². The number of ether oxygens (including phenoxy) is 1. The highest BCUT2D eigenvalue weighted by Gasteiger charge is 2.51. The summed E-state index contributed by atoms with van der Waals surface area (Å²) in [6, 6.07) is 75.2. The molecule has 0 amide bonds. The number of para-hydroxylation sites is 3. The molecule has 0 atom stereocenters. The standard InChI is InChI=1S/C58H35N3O/c1-3-16-36(17-4-1)56-57(37-18-5-2-6-19-37)61-50-35-39(30-33-49(50)60-56)38-20-15-21-40(34-38)55-43-31-32-47-54(53(43)42-23-8-12-27-48(42)59-55)41-22-7-9-24-44(41)58(47)45-25-10-13-28-51(45)62-52-29-14-11-26-46(52)58/h1-35H. The van der Waals surface area contributed by atoms with Crippen molar-refractivity contribution in [3.05, 3.63) is 235 Å². The van der Waals surface area contributed by atoms with E-state index in [0.717, 1.165) is 94.8 Å². The van der Waals surface area contributed by atoms with Crippen molar-refractivity contribution < 1.29 is 4.74 Å². The maximum atomic E-state index is 6.63. The van der Waals surface area contributed by atoms with Crippen LogP contribution in [0.2, 0.25) is 0 Å². The number of aromatic nitrogens is 3. The number of rotatable bonds is 4. The molecule has 0 radical (unpaired) electrons. The van der Waals surface area contributed by atoms with Crippen LogP contribution in [0.3, 0.4) is 0 Å². The van der Waals surface area contributed by atoms with Gasteiger partial charge < -0.3 is 4.74 Å². The molecule has 4 nitrogen and oxygen atoms in total. The fourth-order valence-electron chi connectivity index (χ4n) is 10.3. The SMILES string of the molecule is c1ccc(-c2nc3ccc(-c4cccc(-c5nc6ccccc6c6c7c(ccc56)C5(c6ccccc6Oc6ccccc65)c5ccccc5-7)c4)cc3nc2-c2ccccc2)cc1. The van der Waals surface area contributed by atoms with Gasteiger partial charge in [-0.2, -0.15) is 0 Å². The van der Waals surface area contributed by atoms with Crippen molar-refractivity contribution in [2.45, 2.75) is 5.41 Å². The third-order valence-corrected chi connectivity index (χ3v) is 12.9. The van der Waals surface area contributed by atoms with Crippen molar-refractivity contribution in [3.63, 3.8) is 0 Å². The maximum absolute atomic E-state index is 6.63. The zero-order valence-corrected chi connectivity index (χ0v) is 33.5. The van der Waals surface area contributed by atoms with Gasteiger partial charge in [-0.15, -0.1) is 0 Å². The highest BCUT2D eigenvalue weighted by molar-refractivity contribution is 6.19. The normalized spacial score (nSPS) is 13.1. The first kappa shape index (κ1) is 34.6. The van der Waals surface area contributed by atoms with Crippen LogP contribution in [0.1, 0.15) is 22.3 Å². The summed E-state index contributed by atoms with van der Waals surface area (Å²) in [4.78, 5) is 16.0. The minimum atomic E-state index is -0.558. The molecule has 0 fully saturated rings. The first-order chi connectivity index (χ1) is 30.7. The Morgan fingerprint density at radius 1 is 0.323 bits per heavy atom. The Morgan fingerprint density at radius 2 is 0.887 bits per heavy atom.